The second-order valence-electron chi connectivity index (χ2n) is 7.35. The van der Waals surface area contributed by atoms with Crippen LogP contribution in [0, 0.1) is 0 Å². The zero-order valence-corrected chi connectivity index (χ0v) is 16.7. The number of nitrogens with two attached hydrogens (primary N) is 1. The molecule has 2 amide bonds. The first kappa shape index (κ1) is 21.3. The van der Waals surface area contributed by atoms with E-state index < -0.39 is 29.6 Å². The average molecular weight is 437 g/mol. The van der Waals surface area contributed by atoms with Crippen LogP contribution in [0.1, 0.15) is 21.5 Å². The molecule has 0 radical (unpaired) electrons. The third-order valence-corrected chi connectivity index (χ3v) is 5.16. The minimum Gasteiger partial charge on any atom is -0.368 e. The molecule has 8 heteroatoms. The van der Waals surface area contributed by atoms with E-state index in [1.807, 2.05) is 0 Å². The summed E-state index contributed by atoms with van der Waals surface area (Å²) < 4.78 is 39.1. The summed E-state index contributed by atoms with van der Waals surface area (Å²) in [6.45, 7) is 0. The predicted octanol–water partition coefficient (Wildman–Crippen LogP) is 4.23. The highest BCUT2D eigenvalue weighted by Crippen LogP contribution is 2.30. The van der Waals surface area contributed by atoms with Crippen LogP contribution in [0.5, 0.6) is 0 Å². The predicted molar refractivity (Wildman–Crippen MR) is 115 cm³/mol. The maximum atomic E-state index is 13.3. The lowest BCUT2D eigenvalue weighted by Crippen LogP contribution is -2.46. The molecule has 0 saturated heterocycles. The highest BCUT2D eigenvalue weighted by molar-refractivity contribution is 6.16. The van der Waals surface area contributed by atoms with Gasteiger partial charge in [0.25, 0.3) is 5.91 Å². The molecule has 0 saturated carbocycles. The van der Waals surface area contributed by atoms with E-state index in [9.17, 15) is 22.8 Å². The summed E-state index contributed by atoms with van der Waals surface area (Å²) >= 11 is 0. The van der Waals surface area contributed by atoms with E-state index in [4.69, 9.17) is 5.73 Å². The number of fused-ring (bicyclic) bond motifs is 2. The Hall–Kier alpha value is -3.94. The summed E-state index contributed by atoms with van der Waals surface area (Å²) in [6, 6.07) is 17.6. The Labute approximate surface area is 181 Å². The molecule has 1 aromatic heterocycles. The monoisotopic (exact) mass is 437 g/mol. The summed E-state index contributed by atoms with van der Waals surface area (Å²) in [4.78, 5) is 29.9. The van der Waals surface area contributed by atoms with E-state index in [-0.39, 0.29) is 12.0 Å². The smallest absolute Gasteiger partial charge is 0.368 e. The molecule has 162 valence electrons. The Morgan fingerprint density at radius 3 is 2.06 bits per heavy atom. The average Bonchev–Trinajstić information content (AvgIpc) is 2.76. The molecule has 4 rings (SSSR count). The highest BCUT2D eigenvalue weighted by Gasteiger charge is 2.31. The van der Waals surface area contributed by atoms with Crippen LogP contribution in [0.2, 0.25) is 0 Å². The summed E-state index contributed by atoms with van der Waals surface area (Å²) in [7, 11) is 0. The van der Waals surface area contributed by atoms with Crippen LogP contribution in [-0.2, 0) is 17.4 Å². The lowest BCUT2D eigenvalue weighted by atomic mass is 10.00. The van der Waals surface area contributed by atoms with E-state index in [1.54, 1.807) is 48.5 Å². The number of carbonyl (C=O) groups excluding carboxylic acids is 2. The summed E-state index contributed by atoms with van der Waals surface area (Å²) in [6.07, 6.45) is -4.69. The van der Waals surface area contributed by atoms with Crippen molar-refractivity contribution in [2.75, 3.05) is 0 Å². The summed E-state index contributed by atoms with van der Waals surface area (Å²) in [5.41, 5.74) is 6.39. The maximum absolute atomic E-state index is 13.3. The van der Waals surface area contributed by atoms with Crippen molar-refractivity contribution < 1.29 is 22.8 Å². The number of halogens is 3. The number of primary amides is 1. The highest BCUT2D eigenvalue weighted by atomic mass is 19.4. The Morgan fingerprint density at radius 2 is 1.50 bits per heavy atom. The van der Waals surface area contributed by atoms with E-state index in [0.717, 1.165) is 12.1 Å². The van der Waals surface area contributed by atoms with Crippen LogP contribution < -0.4 is 11.1 Å². The number of alkyl halides is 3. The van der Waals surface area contributed by atoms with Crippen molar-refractivity contribution in [2.45, 2.75) is 18.6 Å². The summed E-state index contributed by atoms with van der Waals surface area (Å²) in [5.74, 6) is -1.41. The van der Waals surface area contributed by atoms with Crippen LogP contribution in [0.4, 0.5) is 13.2 Å². The Morgan fingerprint density at radius 1 is 0.906 bits per heavy atom. The lowest BCUT2D eigenvalue weighted by molar-refractivity contribution is -0.137. The molecular formula is C24H18F3N3O2. The van der Waals surface area contributed by atoms with Crippen molar-refractivity contribution >= 4 is 33.6 Å². The molecule has 0 aliphatic heterocycles. The van der Waals surface area contributed by atoms with Crippen molar-refractivity contribution in [3.8, 4) is 0 Å². The molecule has 5 nitrogen and oxygen atoms in total. The van der Waals surface area contributed by atoms with Crippen LogP contribution in [0.3, 0.4) is 0 Å². The molecule has 0 bridgehead atoms. The molecule has 0 aliphatic rings. The molecule has 32 heavy (non-hydrogen) atoms. The minimum absolute atomic E-state index is 0.175. The number of nitrogens with one attached hydrogen (secondary N) is 1. The molecule has 0 aliphatic carbocycles. The third kappa shape index (κ3) is 4.25. The largest absolute Gasteiger partial charge is 0.416 e. The van der Waals surface area contributed by atoms with Crippen LogP contribution in [0.15, 0.2) is 72.8 Å². The van der Waals surface area contributed by atoms with Crippen molar-refractivity contribution in [3.63, 3.8) is 0 Å². The van der Waals surface area contributed by atoms with Crippen molar-refractivity contribution in [2.24, 2.45) is 5.73 Å². The first-order valence-corrected chi connectivity index (χ1v) is 9.78. The van der Waals surface area contributed by atoms with Gasteiger partial charge in [-0.05, 0) is 23.8 Å². The zero-order valence-electron chi connectivity index (χ0n) is 16.7. The molecule has 4 aromatic rings. The standard InChI is InChI=1S/C24H18F3N3O2/c25-24(26,27)15-7-5-6-14(12-15)13-20(22(28)31)30-23(32)21-16-8-1-3-10-18(16)29-19-11-4-2-9-17(19)21/h1-12,20H,13H2,(H2,28,31)(H,30,32)/t20-/m0/s1. The Balaban J connectivity index is 1.70. The first-order valence-electron chi connectivity index (χ1n) is 9.78. The number of benzene rings is 3. The van der Waals surface area contributed by atoms with Crippen molar-refractivity contribution in [1.29, 1.82) is 0 Å². The molecule has 3 aromatic carbocycles. The number of para-hydroxylation sites is 2. The molecular weight excluding hydrogens is 419 g/mol. The van der Waals surface area contributed by atoms with Gasteiger partial charge >= 0.3 is 6.18 Å². The van der Waals surface area contributed by atoms with E-state index in [0.29, 0.717) is 27.4 Å². The van der Waals surface area contributed by atoms with Crippen molar-refractivity contribution in [1.82, 2.24) is 10.3 Å². The van der Waals surface area contributed by atoms with Gasteiger partial charge in [-0.25, -0.2) is 4.98 Å². The van der Waals surface area contributed by atoms with Gasteiger partial charge in [-0.2, -0.15) is 13.2 Å². The van der Waals surface area contributed by atoms with Crippen molar-refractivity contribution in [3.05, 3.63) is 89.5 Å². The summed E-state index contributed by atoms with van der Waals surface area (Å²) in [5, 5.41) is 3.78. The van der Waals surface area contributed by atoms with Crippen LogP contribution in [0.25, 0.3) is 21.8 Å². The Bertz CT molecular complexity index is 1280. The van der Waals surface area contributed by atoms with Gasteiger partial charge in [0, 0.05) is 17.2 Å². The fourth-order valence-corrected chi connectivity index (χ4v) is 3.65. The normalized spacial score (nSPS) is 12.6. The van der Waals surface area contributed by atoms with Crippen LogP contribution >= 0.6 is 0 Å². The number of rotatable bonds is 5. The SMILES string of the molecule is NC(=O)[C@H](Cc1cccc(C(F)(F)F)c1)NC(=O)c1c2ccccc2nc2ccccc12. The molecule has 3 N–H and O–H groups in total. The number of hydrogen-bond acceptors (Lipinski definition) is 3. The second-order valence-corrected chi connectivity index (χ2v) is 7.35. The topological polar surface area (TPSA) is 85.1 Å². The van der Waals surface area contributed by atoms with Gasteiger partial charge in [-0.1, -0.05) is 54.6 Å². The molecule has 0 spiro atoms. The molecule has 0 fully saturated rings. The molecule has 0 unspecified atom stereocenters. The van der Waals surface area contributed by atoms with Gasteiger partial charge in [0.1, 0.15) is 6.04 Å². The third-order valence-electron chi connectivity index (χ3n) is 5.16. The maximum Gasteiger partial charge on any atom is 0.416 e. The van der Waals surface area contributed by atoms with Gasteiger partial charge in [0.15, 0.2) is 0 Å². The quantitative estimate of drug-likeness (QED) is 0.458. The number of nitrogens with zero attached hydrogens (tertiary/aromatic N) is 1. The molecule has 1 heterocycles. The number of carbonyl (C=O) groups is 2. The van der Waals surface area contributed by atoms with E-state index >= 15 is 0 Å². The number of amides is 2. The Kier molecular flexibility index (Phi) is 5.52. The lowest BCUT2D eigenvalue weighted by Gasteiger charge is -2.18. The second kappa shape index (κ2) is 8.30. The molecule has 1 atom stereocenters. The fourth-order valence-electron chi connectivity index (χ4n) is 3.65. The minimum atomic E-state index is -4.52. The van der Waals surface area contributed by atoms with Gasteiger partial charge in [0.05, 0.1) is 22.2 Å². The van der Waals surface area contributed by atoms with Gasteiger partial charge in [0.2, 0.25) is 5.91 Å². The number of hydrogen-bond donors (Lipinski definition) is 2. The first-order chi connectivity index (χ1) is 15.2. The number of pyridine rings is 1. The van der Waals surface area contributed by atoms with Crippen LogP contribution in [-0.4, -0.2) is 22.8 Å². The fraction of sp³-hybridized carbons (Fsp3) is 0.125. The van der Waals surface area contributed by atoms with Gasteiger partial charge in [-0.15, -0.1) is 0 Å². The van der Waals surface area contributed by atoms with Gasteiger partial charge in [-0.3, -0.25) is 9.59 Å². The number of aromatic nitrogens is 1. The van der Waals surface area contributed by atoms with E-state index in [2.05, 4.69) is 10.3 Å². The zero-order chi connectivity index (χ0) is 22.9. The van der Waals surface area contributed by atoms with E-state index in [1.165, 1.54) is 12.1 Å². The van der Waals surface area contributed by atoms with Gasteiger partial charge < -0.3 is 11.1 Å².